The average Bonchev–Trinajstić information content (AvgIpc) is 3.03. The van der Waals surface area contributed by atoms with E-state index in [0.29, 0.717) is 19.7 Å². The van der Waals surface area contributed by atoms with E-state index in [1.165, 1.54) is 0 Å². The van der Waals surface area contributed by atoms with E-state index in [0.717, 1.165) is 22.6 Å². The summed E-state index contributed by atoms with van der Waals surface area (Å²) in [4.78, 5) is 10.2. The number of aromatic nitrogens is 2. The van der Waals surface area contributed by atoms with Crippen molar-refractivity contribution in [3.63, 3.8) is 0 Å². The maximum absolute atomic E-state index is 10.6. The van der Waals surface area contributed by atoms with Gasteiger partial charge in [0, 0.05) is 31.3 Å². The Labute approximate surface area is 114 Å². The zero-order valence-electron chi connectivity index (χ0n) is 10.4. The summed E-state index contributed by atoms with van der Waals surface area (Å²) in [5, 5.41) is 19.8. The van der Waals surface area contributed by atoms with Crippen molar-refractivity contribution in [3.8, 4) is 0 Å². The number of methoxy groups -OCH3 is 1. The van der Waals surface area contributed by atoms with Gasteiger partial charge in [0.05, 0.1) is 30.0 Å². The van der Waals surface area contributed by atoms with E-state index in [1.807, 2.05) is 6.20 Å². The van der Waals surface area contributed by atoms with Crippen molar-refractivity contribution in [1.29, 1.82) is 0 Å². The second kappa shape index (κ2) is 6.30. The van der Waals surface area contributed by atoms with Gasteiger partial charge < -0.3 is 10.1 Å². The lowest BCUT2D eigenvalue weighted by molar-refractivity contribution is -0.380. The molecule has 0 radical (unpaired) electrons. The predicted molar refractivity (Wildman–Crippen MR) is 72.4 cm³/mol. The first-order valence-electron chi connectivity index (χ1n) is 5.66. The number of hydrogen-bond donors (Lipinski definition) is 1. The van der Waals surface area contributed by atoms with Gasteiger partial charge in [-0.25, -0.2) is 0 Å². The van der Waals surface area contributed by atoms with E-state index in [2.05, 4.69) is 10.4 Å². The summed E-state index contributed by atoms with van der Waals surface area (Å²) in [5.41, 5.74) is 1.77. The van der Waals surface area contributed by atoms with E-state index in [-0.39, 0.29) is 9.92 Å². The molecule has 2 rings (SSSR count). The third-order valence-electron chi connectivity index (χ3n) is 2.47. The van der Waals surface area contributed by atoms with Crippen LogP contribution in [0.15, 0.2) is 23.8 Å². The molecule has 0 aliphatic carbocycles. The van der Waals surface area contributed by atoms with Crippen molar-refractivity contribution in [1.82, 2.24) is 9.78 Å². The summed E-state index contributed by atoms with van der Waals surface area (Å²) in [6.07, 6.45) is 3.59. The molecule has 2 aromatic heterocycles. The van der Waals surface area contributed by atoms with Crippen LogP contribution in [0, 0.1) is 10.1 Å². The van der Waals surface area contributed by atoms with E-state index >= 15 is 0 Å². The third-order valence-corrected chi connectivity index (χ3v) is 3.40. The minimum Gasteiger partial charge on any atom is -0.383 e. The average molecular weight is 282 g/mol. The van der Waals surface area contributed by atoms with Crippen LogP contribution < -0.4 is 5.32 Å². The Hall–Kier alpha value is -1.93. The molecule has 2 heterocycles. The number of nitrogens with one attached hydrogen (secondary N) is 1. The molecule has 0 aliphatic rings. The SMILES string of the molecule is COCCn1cc(NCc2csc([N+](=O)[O-])c2)cn1. The van der Waals surface area contributed by atoms with Crippen LogP contribution in [-0.2, 0) is 17.8 Å². The molecule has 1 N–H and O–H groups in total. The first-order valence-corrected chi connectivity index (χ1v) is 6.54. The van der Waals surface area contributed by atoms with Gasteiger partial charge >= 0.3 is 5.00 Å². The summed E-state index contributed by atoms with van der Waals surface area (Å²) in [7, 11) is 1.64. The molecule has 0 bridgehead atoms. The lowest BCUT2D eigenvalue weighted by atomic mass is 10.3. The normalized spacial score (nSPS) is 10.6. The van der Waals surface area contributed by atoms with Gasteiger partial charge in [-0.2, -0.15) is 5.10 Å². The molecule has 0 saturated heterocycles. The summed E-state index contributed by atoms with van der Waals surface area (Å²) >= 11 is 1.13. The van der Waals surface area contributed by atoms with E-state index in [4.69, 9.17) is 4.74 Å². The smallest absolute Gasteiger partial charge is 0.324 e. The molecule has 8 heteroatoms. The standard InChI is InChI=1S/C11H14N4O3S/c1-18-3-2-14-7-10(6-13-14)12-5-9-4-11(15(16)17)19-8-9/h4,6-8,12H,2-3,5H2,1H3. The van der Waals surface area contributed by atoms with Gasteiger partial charge in [0.1, 0.15) is 0 Å². The van der Waals surface area contributed by atoms with Crippen molar-refractivity contribution in [2.45, 2.75) is 13.1 Å². The maximum atomic E-state index is 10.6. The van der Waals surface area contributed by atoms with E-state index in [9.17, 15) is 10.1 Å². The fourth-order valence-corrected chi connectivity index (χ4v) is 2.25. The highest BCUT2D eigenvalue weighted by Crippen LogP contribution is 2.23. The zero-order chi connectivity index (χ0) is 13.7. The summed E-state index contributed by atoms with van der Waals surface area (Å²) in [6.45, 7) is 1.85. The number of nitro groups is 1. The number of anilines is 1. The monoisotopic (exact) mass is 282 g/mol. The molecule has 102 valence electrons. The van der Waals surface area contributed by atoms with Gasteiger partial charge in [-0.05, 0) is 5.56 Å². The summed E-state index contributed by atoms with van der Waals surface area (Å²) in [6, 6.07) is 1.58. The van der Waals surface area contributed by atoms with Crippen LogP contribution in [0.1, 0.15) is 5.56 Å². The Kier molecular flexibility index (Phi) is 4.48. The lowest BCUT2D eigenvalue weighted by Gasteiger charge is -2.00. The minimum atomic E-state index is -0.378. The zero-order valence-corrected chi connectivity index (χ0v) is 11.2. The number of thiophene rings is 1. The quantitative estimate of drug-likeness (QED) is 0.621. The second-order valence-electron chi connectivity index (χ2n) is 3.89. The molecule has 19 heavy (non-hydrogen) atoms. The molecular formula is C11H14N4O3S. The Bertz CT molecular complexity index is 552. The molecule has 0 aromatic carbocycles. The van der Waals surface area contributed by atoms with Gasteiger partial charge in [-0.1, -0.05) is 11.3 Å². The van der Waals surface area contributed by atoms with Crippen molar-refractivity contribution in [2.75, 3.05) is 19.0 Å². The van der Waals surface area contributed by atoms with Gasteiger partial charge in [-0.3, -0.25) is 14.8 Å². The number of hydrogen-bond acceptors (Lipinski definition) is 6. The van der Waals surface area contributed by atoms with Gasteiger partial charge in [0.15, 0.2) is 0 Å². The molecular weight excluding hydrogens is 268 g/mol. The van der Waals surface area contributed by atoms with Crippen molar-refractivity contribution in [3.05, 3.63) is 39.5 Å². The van der Waals surface area contributed by atoms with Crippen LogP contribution in [0.4, 0.5) is 10.7 Å². The second-order valence-corrected chi connectivity index (χ2v) is 4.78. The highest BCUT2D eigenvalue weighted by atomic mass is 32.1. The predicted octanol–water partition coefficient (Wildman–Crippen LogP) is 2.11. The highest BCUT2D eigenvalue weighted by molar-refractivity contribution is 7.13. The van der Waals surface area contributed by atoms with Crippen LogP contribution in [0.25, 0.3) is 0 Å². The van der Waals surface area contributed by atoms with Crippen molar-refractivity contribution >= 4 is 22.0 Å². The van der Waals surface area contributed by atoms with Crippen molar-refractivity contribution < 1.29 is 9.66 Å². The minimum absolute atomic E-state index is 0.160. The Morgan fingerprint density at radius 2 is 2.47 bits per heavy atom. The Morgan fingerprint density at radius 1 is 1.63 bits per heavy atom. The van der Waals surface area contributed by atoms with Crippen LogP contribution in [0.5, 0.6) is 0 Å². The molecule has 0 amide bonds. The maximum Gasteiger partial charge on any atom is 0.324 e. The Morgan fingerprint density at radius 3 is 3.16 bits per heavy atom. The molecule has 0 atom stereocenters. The molecule has 0 aliphatic heterocycles. The number of ether oxygens (including phenoxy) is 1. The largest absolute Gasteiger partial charge is 0.383 e. The van der Waals surface area contributed by atoms with E-state index in [1.54, 1.807) is 29.4 Å². The molecule has 0 spiro atoms. The summed E-state index contributed by atoms with van der Waals surface area (Å²) in [5.74, 6) is 0. The van der Waals surface area contributed by atoms with Gasteiger partial charge in [0.2, 0.25) is 0 Å². The van der Waals surface area contributed by atoms with Crippen LogP contribution in [0.3, 0.4) is 0 Å². The highest BCUT2D eigenvalue weighted by Gasteiger charge is 2.09. The third kappa shape index (κ3) is 3.76. The lowest BCUT2D eigenvalue weighted by Crippen LogP contribution is -2.04. The molecule has 0 saturated carbocycles. The van der Waals surface area contributed by atoms with Crippen LogP contribution in [0.2, 0.25) is 0 Å². The van der Waals surface area contributed by atoms with Crippen LogP contribution in [-0.4, -0.2) is 28.4 Å². The molecule has 7 nitrogen and oxygen atoms in total. The fraction of sp³-hybridized carbons (Fsp3) is 0.364. The number of nitrogens with zero attached hydrogens (tertiary/aromatic N) is 3. The first kappa shape index (κ1) is 13.5. The summed E-state index contributed by atoms with van der Waals surface area (Å²) < 4.78 is 6.75. The molecule has 2 aromatic rings. The molecule has 0 fully saturated rings. The van der Waals surface area contributed by atoms with Crippen LogP contribution >= 0.6 is 11.3 Å². The number of rotatable bonds is 7. The first-order chi connectivity index (χ1) is 9.19. The van der Waals surface area contributed by atoms with Gasteiger partial charge in [0.25, 0.3) is 0 Å². The Balaban J connectivity index is 1.87. The van der Waals surface area contributed by atoms with Gasteiger partial charge in [-0.15, -0.1) is 0 Å². The van der Waals surface area contributed by atoms with Crippen molar-refractivity contribution in [2.24, 2.45) is 0 Å². The topological polar surface area (TPSA) is 82.2 Å². The molecule has 0 unspecified atom stereocenters. The van der Waals surface area contributed by atoms with E-state index < -0.39 is 0 Å². The fourth-order valence-electron chi connectivity index (χ4n) is 1.52.